The standard InChI is InChI=1S/C16H28N2O2/c1-11(2)12(3)10-17-14-9-15(19)18(16(14)20)13-7-5-4-6-8-13/h11-14,17H,4-10H2,1-3H3. The first-order chi connectivity index (χ1) is 9.50. The van der Waals surface area contributed by atoms with E-state index < -0.39 is 0 Å². The Bertz CT molecular complexity index is 361. The second-order valence-electron chi connectivity index (χ2n) is 6.78. The number of likely N-dealkylation sites (tertiary alicyclic amines) is 1. The van der Waals surface area contributed by atoms with E-state index in [1.807, 2.05) is 0 Å². The molecule has 1 aliphatic heterocycles. The van der Waals surface area contributed by atoms with Gasteiger partial charge in [-0.3, -0.25) is 14.5 Å². The van der Waals surface area contributed by atoms with Crippen LogP contribution in [-0.2, 0) is 9.59 Å². The molecule has 2 fully saturated rings. The Morgan fingerprint density at radius 3 is 2.40 bits per heavy atom. The summed E-state index contributed by atoms with van der Waals surface area (Å²) in [5, 5.41) is 3.30. The summed E-state index contributed by atoms with van der Waals surface area (Å²) in [4.78, 5) is 26.1. The van der Waals surface area contributed by atoms with Crippen molar-refractivity contribution in [3.8, 4) is 0 Å². The highest BCUT2D eigenvalue weighted by Gasteiger charge is 2.42. The van der Waals surface area contributed by atoms with Gasteiger partial charge in [-0.1, -0.05) is 40.0 Å². The summed E-state index contributed by atoms with van der Waals surface area (Å²) in [5.74, 6) is 1.14. The highest BCUT2D eigenvalue weighted by atomic mass is 16.2. The molecule has 2 rings (SSSR count). The van der Waals surface area contributed by atoms with Crippen molar-refractivity contribution in [3.05, 3.63) is 0 Å². The van der Waals surface area contributed by atoms with Crippen LogP contribution >= 0.6 is 0 Å². The molecule has 1 N–H and O–H groups in total. The maximum absolute atomic E-state index is 12.4. The van der Waals surface area contributed by atoms with Gasteiger partial charge in [0.1, 0.15) is 0 Å². The van der Waals surface area contributed by atoms with Crippen LogP contribution in [0.25, 0.3) is 0 Å². The molecule has 1 aliphatic carbocycles. The minimum Gasteiger partial charge on any atom is -0.305 e. The Hall–Kier alpha value is -0.900. The average Bonchev–Trinajstić information content (AvgIpc) is 2.71. The van der Waals surface area contributed by atoms with Crippen LogP contribution in [-0.4, -0.2) is 35.3 Å². The first-order valence-electron chi connectivity index (χ1n) is 8.10. The summed E-state index contributed by atoms with van der Waals surface area (Å²) >= 11 is 0. The molecule has 0 aromatic carbocycles. The zero-order chi connectivity index (χ0) is 14.7. The second-order valence-corrected chi connectivity index (χ2v) is 6.78. The Labute approximate surface area is 122 Å². The maximum atomic E-state index is 12.4. The molecule has 1 saturated heterocycles. The van der Waals surface area contributed by atoms with Gasteiger partial charge in [0.05, 0.1) is 12.5 Å². The summed E-state index contributed by atoms with van der Waals surface area (Å²) in [6.45, 7) is 7.35. The molecule has 2 unspecified atom stereocenters. The van der Waals surface area contributed by atoms with Crippen molar-refractivity contribution < 1.29 is 9.59 Å². The molecule has 0 aromatic heterocycles. The topological polar surface area (TPSA) is 49.4 Å². The van der Waals surface area contributed by atoms with E-state index in [2.05, 4.69) is 26.1 Å². The average molecular weight is 280 g/mol. The van der Waals surface area contributed by atoms with Crippen LogP contribution in [0.15, 0.2) is 0 Å². The quantitative estimate of drug-likeness (QED) is 0.786. The number of hydrogen-bond acceptors (Lipinski definition) is 3. The number of amides is 2. The highest BCUT2D eigenvalue weighted by molar-refractivity contribution is 6.05. The van der Waals surface area contributed by atoms with Gasteiger partial charge in [-0.05, 0) is 31.2 Å². The van der Waals surface area contributed by atoms with E-state index >= 15 is 0 Å². The van der Waals surface area contributed by atoms with E-state index in [0.717, 1.165) is 32.2 Å². The van der Waals surface area contributed by atoms with E-state index in [4.69, 9.17) is 0 Å². The van der Waals surface area contributed by atoms with E-state index in [9.17, 15) is 9.59 Å². The summed E-state index contributed by atoms with van der Waals surface area (Å²) in [6, 6.07) is -0.122. The number of carbonyl (C=O) groups excluding carboxylic acids is 2. The van der Waals surface area contributed by atoms with Gasteiger partial charge < -0.3 is 5.32 Å². The van der Waals surface area contributed by atoms with Gasteiger partial charge in [-0.15, -0.1) is 0 Å². The van der Waals surface area contributed by atoms with Crippen LogP contribution in [0.2, 0.25) is 0 Å². The lowest BCUT2D eigenvalue weighted by Crippen LogP contribution is -2.45. The molecule has 0 radical (unpaired) electrons. The molecular weight excluding hydrogens is 252 g/mol. The number of carbonyl (C=O) groups is 2. The van der Waals surface area contributed by atoms with Crippen molar-refractivity contribution in [1.29, 1.82) is 0 Å². The first-order valence-corrected chi connectivity index (χ1v) is 8.10. The van der Waals surface area contributed by atoms with Crippen molar-refractivity contribution in [2.45, 2.75) is 71.4 Å². The largest absolute Gasteiger partial charge is 0.305 e. The maximum Gasteiger partial charge on any atom is 0.247 e. The molecule has 2 amide bonds. The number of nitrogens with zero attached hydrogens (tertiary/aromatic N) is 1. The Morgan fingerprint density at radius 2 is 1.80 bits per heavy atom. The predicted octanol–water partition coefficient (Wildman–Crippen LogP) is 2.33. The molecule has 1 saturated carbocycles. The third-order valence-corrected chi connectivity index (χ3v) is 4.95. The van der Waals surface area contributed by atoms with Crippen molar-refractivity contribution in [1.82, 2.24) is 10.2 Å². The number of hydrogen-bond donors (Lipinski definition) is 1. The molecule has 0 spiro atoms. The van der Waals surface area contributed by atoms with Crippen LogP contribution in [0, 0.1) is 11.8 Å². The predicted molar refractivity (Wildman–Crippen MR) is 79.1 cm³/mol. The van der Waals surface area contributed by atoms with Crippen molar-refractivity contribution in [3.63, 3.8) is 0 Å². The van der Waals surface area contributed by atoms with E-state index in [0.29, 0.717) is 18.3 Å². The van der Waals surface area contributed by atoms with Gasteiger partial charge in [-0.25, -0.2) is 0 Å². The minimum atomic E-state index is -0.286. The smallest absolute Gasteiger partial charge is 0.247 e. The third-order valence-electron chi connectivity index (χ3n) is 4.95. The monoisotopic (exact) mass is 280 g/mol. The van der Waals surface area contributed by atoms with Gasteiger partial charge in [0.25, 0.3) is 0 Å². The number of rotatable bonds is 5. The van der Waals surface area contributed by atoms with Gasteiger partial charge in [0.2, 0.25) is 11.8 Å². The van der Waals surface area contributed by atoms with Crippen LogP contribution in [0.4, 0.5) is 0 Å². The van der Waals surface area contributed by atoms with Crippen LogP contribution in [0.1, 0.15) is 59.3 Å². The molecule has 1 heterocycles. The lowest BCUT2D eigenvalue weighted by atomic mass is 9.94. The molecule has 4 heteroatoms. The number of imide groups is 1. The van der Waals surface area contributed by atoms with E-state index in [-0.39, 0.29) is 23.9 Å². The Morgan fingerprint density at radius 1 is 1.15 bits per heavy atom. The van der Waals surface area contributed by atoms with E-state index in [1.165, 1.54) is 6.42 Å². The summed E-state index contributed by atoms with van der Waals surface area (Å²) in [6.07, 6.45) is 5.86. The second kappa shape index (κ2) is 6.70. The Kier molecular flexibility index (Phi) is 5.19. The van der Waals surface area contributed by atoms with Crippen LogP contribution in [0.5, 0.6) is 0 Å². The normalized spacial score (nSPS) is 26.6. The van der Waals surface area contributed by atoms with Crippen molar-refractivity contribution in [2.75, 3.05) is 6.54 Å². The van der Waals surface area contributed by atoms with Gasteiger partial charge >= 0.3 is 0 Å². The fourth-order valence-corrected chi connectivity index (χ4v) is 3.10. The summed E-state index contributed by atoms with van der Waals surface area (Å²) in [5.41, 5.74) is 0. The molecule has 20 heavy (non-hydrogen) atoms. The van der Waals surface area contributed by atoms with Gasteiger partial charge in [0, 0.05) is 6.04 Å². The summed E-state index contributed by atoms with van der Waals surface area (Å²) < 4.78 is 0. The van der Waals surface area contributed by atoms with Crippen LogP contribution < -0.4 is 5.32 Å². The van der Waals surface area contributed by atoms with Gasteiger partial charge in [-0.2, -0.15) is 0 Å². The first kappa shape index (κ1) is 15.5. The highest BCUT2D eigenvalue weighted by Crippen LogP contribution is 2.27. The SMILES string of the molecule is CC(C)C(C)CNC1CC(=O)N(C2CCCCC2)C1=O. The lowest BCUT2D eigenvalue weighted by molar-refractivity contribution is -0.142. The third kappa shape index (κ3) is 3.40. The molecular formula is C16H28N2O2. The fourth-order valence-electron chi connectivity index (χ4n) is 3.10. The van der Waals surface area contributed by atoms with Crippen molar-refractivity contribution >= 4 is 11.8 Å². The summed E-state index contributed by atoms with van der Waals surface area (Å²) in [7, 11) is 0. The fraction of sp³-hybridized carbons (Fsp3) is 0.875. The zero-order valence-corrected chi connectivity index (χ0v) is 13.0. The van der Waals surface area contributed by atoms with E-state index in [1.54, 1.807) is 4.90 Å². The molecule has 0 bridgehead atoms. The van der Waals surface area contributed by atoms with Crippen molar-refractivity contribution in [2.24, 2.45) is 11.8 Å². The zero-order valence-electron chi connectivity index (χ0n) is 13.0. The molecule has 2 atom stereocenters. The lowest BCUT2D eigenvalue weighted by Gasteiger charge is -2.29. The minimum absolute atomic E-state index is 0.0119. The van der Waals surface area contributed by atoms with Gasteiger partial charge in [0.15, 0.2) is 0 Å². The molecule has 0 aromatic rings. The Balaban J connectivity index is 1.91. The van der Waals surface area contributed by atoms with Crippen LogP contribution in [0.3, 0.4) is 0 Å². The molecule has 4 nitrogen and oxygen atoms in total. The number of nitrogens with one attached hydrogen (secondary N) is 1. The molecule has 114 valence electrons. The molecule has 2 aliphatic rings.